The van der Waals surface area contributed by atoms with Crippen molar-refractivity contribution in [1.29, 1.82) is 0 Å². The van der Waals surface area contributed by atoms with E-state index in [1.54, 1.807) is 0 Å². The van der Waals surface area contributed by atoms with Gasteiger partial charge in [-0.05, 0) is 24.3 Å². The molecule has 6 heteroatoms. The van der Waals surface area contributed by atoms with E-state index >= 15 is 0 Å². The van der Waals surface area contributed by atoms with Crippen LogP contribution in [0, 0.1) is 0 Å². The first kappa shape index (κ1) is 18.6. The van der Waals surface area contributed by atoms with Gasteiger partial charge in [0, 0.05) is 25.9 Å². The number of carbonyl (C=O) groups is 2. The van der Waals surface area contributed by atoms with Crippen molar-refractivity contribution in [3.05, 3.63) is 0 Å². The van der Waals surface area contributed by atoms with Gasteiger partial charge in [0.05, 0.1) is 0 Å². The Kier molecular flexibility index (Phi) is 13.8. The standard InChI is InChI=1S/C13H26N2O2S2/c16-12(6-10-18)14-8-4-2-1-3-5-9-15-13(17)7-11-19/h18-19H,1-11H2,(H,14,16)(H,15,17). The van der Waals surface area contributed by atoms with Crippen LogP contribution in [0.1, 0.15) is 44.9 Å². The molecule has 0 aliphatic rings. The monoisotopic (exact) mass is 306 g/mol. The van der Waals surface area contributed by atoms with Gasteiger partial charge in [-0.15, -0.1) is 0 Å². The van der Waals surface area contributed by atoms with Gasteiger partial charge in [-0.25, -0.2) is 0 Å². The van der Waals surface area contributed by atoms with E-state index in [1.807, 2.05) is 0 Å². The summed E-state index contributed by atoms with van der Waals surface area (Å²) in [6.45, 7) is 1.51. The number of carbonyl (C=O) groups excluding carboxylic acids is 2. The molecule has 4 nitrogen and oxygen atoms in total. The molecule has 0 aliphatic carbocycles. The quantitative estimate of drug-likeness (QED) is 0.328. The predicted molar refractivity (Wildman–Crippen MR) is 86.0 cm³/mol. The number of unbranched alkanes of at least 4 members (excludes halogenated alkanes) is 4. The summed E-state index contributed by atoms with van der Waals surface area (Å²) in [7, 11) is 0. The van der Waals surface area contributed by atoms with Crippen molar-refractivity contribution in [3.8, 4) is 0 Å². The maximum absolute atomic E-state index is 11.1. The summed E-state index contributed by atoms with van der Waals surface area (Å²) in [4.78, 5) is 22.3. The van der Waals surface area contributed by atoms with Gasteiger partial charge >= 0.3 is 0 Å². The lowest BCUT2D eigenvalue weighted by molar-refractivity contribution is -0.121. The molecule has 0 aromatic carbocycles. The van der Waals surface area contributed by atoms with Crippen molar-refractivity contribution in [3.63, 3.8) is 0 Å². The van der Waals surface area contributed by atoms with Crippen LogP contribution in [0.3, 0.4) is 0 Å². The van der Waals surface area contributed by atoms with Gasteiger partial charge in [0.15, 0.2) is 0 Å². The third-order valence-electron chi connectivity index (χ3n) is 2.68. The van der Waals surface area contributed by atoms with Crippen LogP contribution in [0.25, 0.3) is 0 Å². The van der Waals surface area contributed by atoms with E-state index < -0.39 is 0 Å². The zero-order chi connectivity index (χ0) is 14.3. The molecule has 0 aliphatic heterocycles. The second-order valence-electron chi connectivity index (χ2n) is 4.41. The number of thiol groups is 2. The SMILES string of the molecule is O=C(CCS)NCCCCCCCNC(=O)CCS. The molecule has 2 N–H and O–H groups in total. The molecule has 0 aromatic heterocycles. The van der Waals surface area contributed by atoms with E-state index in [-0.39, 0.29) is 11.8 Å². The van der Waals surface area contributed by atoms with Crippen LogP contribution in [0.5, 0.6) is 0 Å². The van der Waals surface area contributed by atoms with Gasteiger partial charge in [-0.2, -0.15) is 25.3 Å². The van der Waals surface area contributed by atoms with Crippen molar-refractivity contribution >= 4 is 37.1 Å². The molecule has 0 fully saturated rings. The maximum Gasteiger partial charge on any atom is 0.220 e. The van der Waals surface area contributed by atoms with Crippen molar-refractivity contribution in [2.45, 2.75) is 44.9 Å². The molecule has 0 rings (SSSR count). The molecular weight excluding hydrogens is 280 g/mol. The minimum Gasteiger partial charge on any atom is -0.356 e. The van der Waals surface area contributed by atoms with Gasteiger partial charge in [0.25, 0.3) is 0 Å². The second-order valence-corrected chi connectivity index (χ2v) is 5.31. The number of rotatable bonds is 12. The lowest BCUT2D eigenvalue weighted by Gasteiger charge is -2.05. The fourth-order valence-corrected chi connectivity index (χ4v) is 2.02. The van der Waals surface area contributed by atoms with Crippen LogP contribution in [0.4, 0.5) is 0 Å². The Bertz CT molecular complexity index is 227. The molecular formula is C13H26N2O2S2. The van der Waals surface area contributed by atoms with Crippen molar-refractivity contribution in [2.24, 2.45) is 0 Å². The highest BCUT2D eigenvalue weighted by Crippen LogP contribution is 2.01. The Morgan fingerprint density at radius 2 is 1.05 bits per heavy atom. The molecule has 0 saturated heterocycles. The zero-order valence-corrected chi connectivity index (χ0v) is 13.3. The summed E-state index contributed by atoms with van der Waals surface area (Å²) >= 11 is 8.01. The first-order valence-corrected chi connectivity index (χ1v) is 8.22. The molecule has 0 heterocycles. The van der Waals surface area contributed by atoms with Crippen LogP contribution in [0.2, 0.25) is 0 Å². The summed E-state index contributed by atoms with van der Waals surface area (Å²) in [6, 6.07) is 0. The fraction of sp³-hybridized carbons (Fsp3) is 0.846. The number of hydrogen-bond acceptors (Lipinski definition) is 4. The van der Waals surface area contributed by atoms with E-state index in [4.69, 9.17) is 0 Å². The highest BCUT2D eigenvalue weighted by molar-refractivity contribution is 7.80. The number of amides is 2. The fourth-order valence-electron chi connectivity index (χ4n) is 1.62. The van der Waals surface area contributed by atoms with E-state index in [1.165, 1.54) is 0 Å². The average molecular weight is 306 g/mol. The van der Waals surface area contributed by atoms with Crippen LogP contribution < -0.4 is 10.6 Å². The summed E-state index contributed by atoms with van der Waals surface area (Å²) in [5.74, 6) is 1.37. The van der Waals surface area contributed by atoms with E-state index in [9.17, 15) is 9.59 Å². The van der Waals surface area contributed by atoms with E-state index in [0.29, 0.717) is 24.3 Å². The molecule has 0 aromatic rings. The first-order valence-electron chi connectivity index (χ1n) is 6.95. The molecule has 0 unspecified atom stereocenters. The van der Waals surface area contributed by atoms with E-state index in [2.05, 4.69) is 35.9 Å². The minimum atomic E-state index is 0.0851. The van der Waals surface area contributed by atoms with Gasteiger partial charge in [0.1, 0.15) is 0 Å². The van der Waals surface area contributed by atoms with Crippen molar-refractivity contribution in [2.75, 3.05) is 24.6 Å². The molecule has 2 amide bonds. The smallest absolute Gasteiger partial charge is 0.220 e. The molecule has 19 heavy (non-hydrogen) atoms. The predicted octanol–water partition coefficient (Wildman–Crippen LogP) is 1.81. The highest BCUT2D eigenvalue weighted by atomic mass is 32.1. The summed E-state index contributed by atoms with van der Waals surface area (Å²) in [5.41, 5.74) is 0. The van der Waals surface area contributed by atoms with Gasteiger partial charge in [0.2, 0.25) is 11.8 Å². The average Bonchev–Trinajstić information content (AvgIpc) is 2.37. The summed E-state index contributed by atoms with van der Waals surface area (Å²) in [5, 5.41) is 5.73. The van der Waals surface area contributed by atoms with Gasteiger partial charge in [-0.1, -0.05) is 19.3 Å². The second kappa shape index (κ2) is 14.1. The van der Waals surface area contributed by atoms with Crippen molar-refractivity contribution in [1.82, 2.24) is 10.6 Å². The molecule has 0 atom stereocenters. The Labute approximate surface area is 127 Å². The topological polar surface area (TPSA) is 58.2 Å². The Morgan fingerprint density at radius 3 is 1.42 bits per heavy atom. The lowest BCUT2D eigenvalue weighted by atomic mass is 10.1. The van der Waals surface area contributed by atoms with Crippen LogP contribution >= 0.6 is 25.3 Å². The van der Waals surface area contributed by atoms with Crippen molar-refractivity contribution < 1.29 is 9.59 Å². The molecule has 0 spiro atoms. The van der Waals surface area contributed by atoms with Crippen LogP contribution in [-0.2, 0) is 9.59 Å². The number of hydrogen-bond donors (Lipinski definition) is 4. The minimum absolute atomic E-state index is 0.0851. The maximum atomic E-state index is 11.1. The van der Waals surface area contributed by atoms with Crippen LogP contribution in [-0.4, -0.2) is 36.4 Å². The third kappa shape index (κ3) is 13.9. The summed E-state index contributed by atoms with van der Waals surface area (Å²) < 4.78 is 0. The number of nitrogens with one attached hydrogen (secondary N) is 2. The normalized spacial score (nSPS) is 10.2. The Morgan fingerprint density at radius 1 is 0.684 bits per heavy atom. The first-order chi connectivity index (χ1) is 9.20. The molecule has 112 valence electrons. The zero-order valence-electron chi connectivity index (χ0n) is 11.5. The Hall–Kier alpha value is -0.360. The molecule has 0 saturated carbocycles. The van der Waals surface area contributed by atoms with Gasteiger partial charge < -0.3 is 10.6 Å². The van der Waals surface area contributed by atoms with Gasteiger partial charge in [-0.3, -0.25) is 9.59 Å². The lowest BCUT2D eigenvalue weighted by Crippen LogP contribution is -2.24. The Balaban J connectivity index is 3.15. The molecule has 0 radical (unpaired) electrons. The third-order valence-corrected chi connectivity index (χ3v) is 3.12. The highest BCUT2D eigenvalue weighted by Gasteiger charge is 1.99. The molecule has 0 bridgehead atoms. The summed E-state index contributed by atoms with van der Waals surface area (Å²) in [6.07, 6.45) is 6.40. The largest absolute Gasteiger partial charge is 0.356 e. The van der Waals surface area contributed by atoms with Crippen LogP contribution in [0.15, 0.2) is 0 Å². The van der Waals surface area contributed by atoms with E-state index in [0.717, 1.165) is 45.2 Å².